The van der Waals surface area contributed by atoms with E-state index in [-0.39, 0.29) is 6.61 Å². The van der Waals surface area contributed by atoms with Gasteiger partial charge in [-0.3, -0.25) is 0 Å². The molecular weight excluding hydrogens is 494 g/mol. The number of aliphatic hydroxyl groups is 7. The summed E-state index contributed by atoms with van der Waals surface area (Å²) in [5.74, 6) is 0. The first-order valence-corrected chi connectivity index (χ1v) is 13.1. The van der Waals surface area contributed by atoms with Gasteiger partial charge in [0.05, 0.1) is 13.2 Å². The molecule has 0 unspecified atom stereocenters. The number of azide groups is 1. The summed E-state index contributed by atoms with van der Waals surface area (Å²) in [4.78, 5) is 2.73. The monoisotopic (exact) mass is 537 g/mol. The molecule has 14 heteroatoms. The maximum absolute atomic E-state index is 10.6. The molecule has 0 amide bonds. The number of unbranched alkanes of at least 4 members (excludes halogenated alkanes) is 8. The van der Waals surface area contributed by atoms with Crippen LogP contribution in [-0.2, 0) is 18.9 Å². The fraction of sp³-hybridized carbons (Fsp3) is 1.00. The van der Waals surface area contributed by atoms with Gasteiger partial charge in [0.15, 0.2) is 12.6 Å². The van der Waals surface area contributed by atoms with E-state index in [0.717, 1.165) is 57.8 Å². The fourth-order valence-electron chi connectivity index (χ4n) is 4.46. The lowest BCUT2D eigenvalue weighted by molar-refractivity contribution is -0.359. The Morgan fingerprint density at radius 1 is 0.649 bits per heavy atom. The second-order valence-corrected chi connectivity index (χ2v) is 9.51. The molecule has 2 aliphatic heterocycles. The predicted octanol–water partition coefficient (Wildman–Crippen LogP) is -0.552. The molecule has 0 aliphatic carbocycles. The van der Waals surface area contributed by atoms with Gasteiger partial charge in [0.25, 0.3) is 0 Å². The maximum Gasteiger partial charge on any atom is 0.187 e. The first kappa shape index (κ1) is 32.1. The van der Waals surface area contributed by atoms with E-state index in [1.54, 1.807) is 0 Å². The van der Waals surface area contributed by atoms with Crippen LogP contribution in [0.3, 0.4) is 0 Å². The largest absolute Gasteiger partial charge is 0.394 e. The first-order chi connectivity index (χ1) is 17.8. The third-order valence-electron chi connectivity index (χ3n) is 6.71. The Kier molecular flexibility index (Phi) is 15.1. The minimum absolute atomic E-state index is 0.282. The average molecular weight is 538 g/mol. The molecule has 37 heavy (non-hydrogen) atoms. The molecule has 216 valence electrons. The highest BCUT2D eigenvalue weighted by atomic mass is 16.7. The van der Waals surface area contributed by atoms with Crippen LogP contribution in [0.5, 0.6) is 0 Å². The van der Waals surface area contributed by atoms with Gasteiger partial charge in [-0.2, -0.15) is 0 Å². The predicted molar refractivity (Wildman–Crippen MR) is 128 cm³/mol. The van der Waals surface area contributed by atoms with Gasteiger partial charge >= 0.3 is 0 Å². The van der Waals surface area contributed by atoms with Crippen molar-refractivity contribution in [3.63, 3.8) is 0 Å². The maximum atomic E-state index is 10.6. The molecule has 2 aliphatic rings. The minimum Gasteiger partial charge on any atom is -0.394 e. The van der Waals surface area contributed by atoms with E-state index in [9.17, 15) is 35.7 Å². The summed E-state index contributed by atoms with van der Waals surface area (Å²) in [6, 6.07) is 0. The molecule has 14 nitrogen and oxygen atoms in total. The van der Waals surface area contributed by atoms with Gasteiger partial charge in [-0.25, -0.2) is 0 Å². The summed E-state index contributed by atoms with van der Waals surface area (Å²) < 4.78 is 22.0. The molecule has 0 aromatic rings. The summed E-state index contributed by atoms with van der Waals surface area (Å²) >= 11 is 0. The van der Waals surface area contributed by atoms with E-state index in [1.807, 2.05) is 0 Å². The van der Waals surface area contributed by atoms with E-state index >= 15 is 0 Å². The molecule has 2 saturated heterocycles. The normalized spacial score (nSPS) is 36.3. The molecule has 2 fully saturated rings. The van der Waals surface area contributed by atoms with Crippen molar-refractivity contribution in [1.29, 1.82) is 0 Å². The Labute approximate surface area is 216 Å². The summed E-state index contributed by atoms with van der Waals surface area (Å²) in [5.41, 5.74) is 8.22. The van der Waals surface area contributed by atoms with Crippen molar-refractivity contribution in [1.82, 2.24) is 0 Å². The minimum atomic E-state index is -1.71. The molecule has 7 N–H and O–H groups in total. The Hall–Kier alpha value is -1.13. The third-order valence-corrected chi connectivity index (χ3v) is 6.71. The van der Waals surface area contributed by atoms with Crippen molar-refractivity contribution in [2.24, 2.45) is 5.11 Å². The van der Waals surface area contributed by atoms with Crippen LogP contribution in [0.25, 0.3) is 10.4 Å². The third kappa shape index (κ3) is 9.84. The van der Waals surface area contributed by atoms with Gasteiger partial charge in [-0.15, -0.1) is 0 Å². The second kappa shape index (κ2) is 17.5. The molecule has 10 atom stereocenters. The van der Waals surface area contributed by atoms with Gasteiger partial charge in [-0.05, 0) is 18.4 Å². The molecule has 0 radical (unpaired) electrons. The number of nitrogens with zero attached hydrogens (tertiary/aromatic N) is 3. The zero-order valence-corrected chi connectivity index (χ0v) is 21.1. The lowest BCUT2D eigenvalue weighted by Gasteiger charge is -2.45. The zero-order chi connectivity index (χ0) is 27.2. The highest BCUT2D eigenvalue weighted by molar-refractivity contribution is 4.94. The van der Waals surface area contributed by atoms with E-state index in [0.29, 0.717) is 6.54 Å². The van der Waals surface area contributed by atoms with Crippen LogP contribution in [0.15, 0.2) is 5.11 Å². The summed E-state index contributed by atoms with van der Waals surface area (Å²) in [7, 11) is 0. The van der Waals surface area contributed by atoms with Crippen molar-refractivity contribution in [3.8, 4) is 0 Å². The van der Waals surface area contributed by atoms with E-state index < -0.39 is 74.6 Å². The summed E-state index contributed by atoms with van der Waals surface area (Å²) in [6.45, 7) is -0.421. The van der Waals surface area contributed by atoms with Crippen LogP contribution < -0.4 is 0 Å². The smallest absolute Gasteiger partial charge is 0.187 e. The number of aliphatic hydroxyl groups excluding tert-OH is 7. The average Bonchev–Trinajstić information content (AvgIpc) is 2.90. The van der Waals surface area contributed by atoms with E-state index in [2.05, 4.69) is 10.0 Å². The van der Waals surface area contributed by atoms with Gasteiger partial charge in [0, 0.05) is 18.1 Å². The Morgan fingerprint density at radius 2 is 1.19 bits per heavy atom. The van der Waals surface area contributed by atoms with Crippen LogP contribution in [0.4, 0.5) is 0 Å². The standard InChI is InChI=1S/C23H43N3O11/c24-26-25-10-8-6-4-2-1-3-5-7-9-11-34-22-20(33)18(31)21(15(13-28)36-22)37-23-19(32)17(30)16(29)14(12-27)35-23/h14-23,27-33H,1-13H2/t14-,15-,16+,17+,18-,19-,20-,21-,22+,23+/m1/s1. The van der Waals surface area contributed by atoms with Crippen molar-refractivity contribution in [2.75, 3.05) is 26.4 Å². The van der Waals surface area contributed by atoms with Crippen molar-refractivity contribution >= 4 is 0 Å². The lowest BCUT2D eigenvalue weighted by atomic mass is 9.97. The number of hydrogen-bond acceptors (Lipinski definition) is 12. The van der Waals surface area contributed by atoms with Crippen molar-refractivity contribution in [2.45, 2.75) is 119 Å². The quantitative estimate of drug-likeness (QED) is 0.0539. The van der Waals surface area contributed by atoms with Gasteiger partial charge in [-0.1, -0.05) is 50.1 Å². The zero-order valence-electron chi connectivity index (χ0n) is 21.1. The highest BCUT2D eigenvalue weighted by Crippen LogP contribution is 2.29. The Bertz CT molecular complexity index is 668. The van der Waals surface area contributed by atoms with Crippen LogP contribution in [0, 0.1) is 0 Å². The SMILES string of the molecule is [N-]=[N+]=NCCCCCCCCCCCO[C@H]1O[C@H](CO)[C@@H](O[C@@H]2O[C@H](CO)[C@H](O)[C@H](O)[C@H]2O)[C@H](O)[C@H]1O. The lowest BCUT2D eigenvalue weighted by Crippen LogP contribution is -2.64. The van der Waals surface area contributed by atoms with Crippen molar-refractivity contribution < 1.29 is 54.7 Å². The summed E-state index contributed by atoms with van der Waals surface area (Å²) in [5, 5.41) is 73.7. The van der Waals surface area contributed by atoms with Crippen LogP contribution in [0.2, 0.25) is 0 Å². The molecule has 2 heterocycles. The van der Waals surface area contributed by atoms with Gasteiger partial charge in [0.1, 0.15) is 48.8 Å². The number of hydrogen-bond donors (Lipinski definition) is 7. The molecular formula is C23H43N3O11. The van der Waals surface area contributed by atoms with Gasteiger partial charge in [0.2, 0.25) is 0 Å². The second-order valence-electron chi connectivity index (χ2n) is 9.51. The van der Waals surface area contributed by atoms with E-state index in [4.69, 9.17) is 24.5 Å². The Balaban J connectivity index is 1.69. The van der Waals surface area contributed by atoms with Gasteiger partial charge < -0.3 is 54.7 Å². The number of ether oxygens (including phenoxy) is 4. The van der Waals surface area contributed by atoms with Crippen molar-refractivity contribution in [3.05, 3.63) is 10.4 Å². The number of rotatable bonds is 17. The molecule has 0 aromatic heterocycles. The molecule has 0 bridgehead atoms. The molecule has 0 spiro atoms. The van der Waals surface area contributed by atoms with Crippen LogP contribution in [-0.4, -0.2) is 124 Å². The van der Waals surface area contributed by atoms with Crippen LogP contribution >= 0.6 is 0 Å². The first-order valence-electron chi connectivity index (χ1n) is 13.1. The Morgan fingerprint density at radius 3 is 1.78 bits per heavy atom. The molecule has 0 saturated carbocycles. The summed E-state index contributed by atoms with van der Waals surface area (Å²) in [6.07, 6.45) is -5.36. The molecule has 0 aromatic carbocycles. The topological polar surface area (TPSA) is 227 Å². The van der Waals surface area contributed by atoms with Crippen LogP contribution in [0.1, 0.15) is 57.8 Å². The molecule has 2 rings (SSSR count). The fourth-order valence-corrected chi connectivity index (χ4v) is 4.46. The van der Waals surface area contributed by atoms with E-state index in [1.165, 1.54) is 0 Å². The highest BCUT2D eigenvalue weighted by Gasteiger charge is 2.50.